The number of nitrogens with zero attached hydrogens (tertiary/aromatic N) is 1. The molecule has 1 atom stereocenters. The third-order valence-corrected chi connectivity index (χ3v) is 5.82. The third kappa shape index (κ3) is 4.78. The van der Waals surface area contributed by atoms with E-state index in [2.05, 4.69) is 0 Å². The van der Waals surface area contributed by atoms with Crippen LogP contribution in [0.5, 0.6) is 5.75 Å². The Hall–Kier alpha value is -1.96. The minimum atomic E-state index is -3.45. The van der Waals surface area contributed by atoms with E-state index in [9.17, 15) is 12.8 Å². The van der Waals surface area contributed by atoms with E-state index in [1.807, 2.05) is 30.3 Å². The highest BCUT2D eigenvalue weighted by Gasteiger charge is 2.30. The fourth-order valence-electron chi connectivity index (χ4n) is 2.67. The molecule has 1 fully saturated rings. The fourth-order valence-corrected chi connectivity index (χ4v) is 3.94. The van der Waals surface area contributed by atoms with Crippen molar-refractivity contribution < 1.29 is 22.3 Å². The van der Waals surface area contributed by atoms with E-state index in [4.69, 9.17) is 9.47 Å². The van der Waals surface area contributed by atoms with Crippen LogP contribution in [0.4, 0.5) is 4.39 Å². The van der Waals surface area contributed by atoms with Crippen LogP contribution in [-0.2, 0) is 14.8 Å². The van der Waals surface area contributed by atoms with Gasteiger partial charge in [-0.15, -0.1) is 0 Å². The van der Waals surface area contributed by atoms with Gasteiger partial charge in [0, 0.05) is 13.1 Å². The van der Waals surface area contributed by atoms with E-state index in [0.717, 1.165) is 5.56 Å². The van der Waals surface area contributed by atoms with Crippen LogP contribution in [0.1, 0.15) is 11.7 Å². The molecule has 0 N–H and O–H groups in total. The topological polar surface area (TPSA) is 55.8 Å². The normalized spacial score (nSPS) is 18.8. The van der Waals surface area contributed by atoms with Crippen molar-refractivity contribution in [1.82, 2.24) is 4.31 Å². The van der Waals surface area contributed by atoms with Crippen LogP contribution in [0.25, 0.3) is 0 Å². The van der Waals surface area contributed by atoms with Gasteiger partial charge in [0.15, 0.2) is 0 Å². The van der Waals surface area contributed by atoms with Gasteiger partial charge >= 0.3 is 0 Å². The van der Waals surface area contributed by atoms with Crippen LogP contribution < -0.4 is 4.74 Å². The summed E-state index contributed by atoms with van der Waals surface area (Å²) in [6, 6.07) is 15.1. The van der Waals surface area contributed by atoms with Crippen LogP contribution in [0, 0.1) is 5.82 Å². The number of morpholine rings is 1. The molecule has 0 saturated carbocycles. The summed E-state index contributed by atoms with van der Waals surface area (Å²) in [5, 5.41) is 0. The fraction of sp³-hybridized carbons (Fsp3) is 0.333. The molecule has 2 aromatic carbocycles. The summed E-state index contributed by atoms with van der Waals surface area (Å²) in [4.78, 5) is 0. The number of hydrogen-bond acceptors (Lipinski definition) is 4. The lowest BCUT2D eigenvalue weighted by atomic mass is 10.1. The zero-order chi connectivity index (χ0) is 17.7. The van der Waals surface area contributed by atoms with Crippen LogP contribution in [0.2, 0.25) is 0 Å². The monoisotopic (exact) mass is 365 g/mol. The molecule has 1 saturated heterocycles. The summed E-state index contributed by atoms with van der Waals surface area (Å²) in [6.07, 6.45) is -0.261. The van der Waals surface area contributed by atoms with Crippen LogP contribution in [-0.4, -0.2) is 44.8 Å². The van der Waals surface area contributed by atoms with Gasteiger partial charge in [-0.25, -0.2) is 12.8 Å². The van der Waals surface area contributed by atoms with E-state index in [-0.39, 0.29) is 24.3 Å². The molecule has 3 rings (SSSR count). The molecule has 0 aromatic heterocycles. The maximum atomic E-state index is 12.8. The Kier molecular flexibility index (Phi) is 5.67. The molecule has 134 valence electrons. The molecule has 1 aliphatic rings. The van der Waals surface area contributed by atoms with E-state index in [1.165, 1.54) is 28.6 Å². The van der Waals surface area contributed by atoms with Crippen molar-refractivity contribution in [3.05, 3.63) is 66.0 Å². The quantitative estimate of drug-likeness (QED) is 0.790. The third-order valence-electron chi connectivity index (χ3n) is 4.02. The molecule has 2 aromatic rings. The first-order valence-electron chi connectivity index (χ1n) is 8.07. The second kappa shape index (κ2) is 7.95. The Balaban J connectivity index is 1.56. The van der Waals surface area contributed by atoms with Gasteiger partial charge in [-0.05, 0) is 29.8 Å². The first-order chi connectivity index (χ1) is 12.0. The van der Waals surface area contributed by atoms with Crippen molar-refractivity contribution in [2.75, 3.05) is 32.1 Å². The lowest BCUT2D eigenvalue weighted by Crippen LogP contribution is -2.44. The Bertz CT molecular complexity index is 780. The summed E-state index contributed by atoms with van der Waals surface area (Å²) < 4.78 is 50.5. The van der Waals surface area contributed by atoms with Gasteiger partial charge in [0.25, 0.3) is 0 Å². The molecule has 0 radical (unpaired) electrons. The number of ether oxygens (including phenoxy) is 2. The van der Waals surface area contributed by atoms with Crippen LogP contribution in [0.15, 0.2) is 54.6 Å². The zero-order valence-corrected chi connectivity index (χ0v) is 14.5. The Morgan fingerprint density at radius 2 is 1.84 bits per heavy atom. The van der Waals surface area contributed by atoms with E-state index in [0.29, 0.717) is 25.4 Å². The van der Waals surface area contributed by atoms with Gasteiger partial charge in [-0.3, -0.25) is 0 Å². The van der Waals surface area contributed by atoms with Gasteiger partial charge in [0.2, 0.25) is 10.0 Å². The Morgan fingerprint density at radius 3 is 2.56 bits per heavy atom. The molecule has 5 nitrogen and oxygen atoms in total. The van der Waals surface area contributed by atoms with Crippen molar-refractivity contribution in [2.45, 2.75) is 6.10 Å². The molecule has 0 aliphatic carbocycles. The van der Waals surface area contributed by atoms with Gasteiger partial charge in [0.05, 0.1) is 18.5 Å². The minimum absolute atomic E-state index is 0.0152. The van der Waals surface area contributed by atoms with Crippen molar-refractivity contribution in [2.24, 2.45) is 0 Å². The summed E-state index contributed by atoms with van der Waals surface area (Å²) in [7, 11) is -3.45. The Morgan fingerprint density at radius 1 is 1.12 bits per heavy atom. The first-order valence-corrected chi connectivity index (χ1v) is 9.68. The van der Waals surface area contributed by atoms with E-state index >= 15 is 0 Å². The highest BCUT2D eigenvalue weighted by Crippen LogP contribution is 2.23. The van der Waals surface area contributed by atoms with Gasteiger partial charge in [-0.1, -0.05) is 30.3 Å². The molecule has 1 aliphatic heterocycles. The molecule has 7 heteroatoms. The summed E-state index contributed by atoms with van der Waals surface area (Å²) >= 11 is 0. The molecule has 0 bridgehead atoms. The maximum Gasteiger partial charge on any atom is 0.217 e. The van der Waals surface area contributed by atoms with Crippen LogP contribution in [0.3, 0.4) is 0 Å². The predicted octanol–water partition coefficient (Wildman–Crippen LogP) is 2.61. The van der Waals surface area contributed by atoms with Crippen molar-refractivity contribution in [1.29, 1.82) is 0 Å². The van der Waals surface area contributed by atoms with Gasteiger partial charge in [-0.2, -0.15) is 4.31 Å². The maximum absolute atomic E-state index is 12.8. The van der Waals surface area contributed by atoms with Crippen molar-refractivity contribution >= 4 is 10.0 Å². The summed E-state index contributed by atoms with van der Waals surface area (Å²) in [6.45, 7) is 1.00. The SMILES string of the molecule is O=S(=O)(CCOc1ccc(F)cc1)N1CCOC(c2ccccc2)C1. The van der Waals surface area contributed by atoms with E-state index in [1.54, 1.807) is 0 Å². The summed E-state index contributed by atoms with van der Waals surface area (Å²) in [5.74, 6) is -0.0488. The smallest absolute Gasteiger partial charge is 0.217 e. The minimum Gasteiger partial charge on any atom is -0.492 e. The van der Waals surface area contributed by atoms with Crippen molar-refractivity contribution in [3.8, 4) is 5.75 Å². The number of rotatable bonds is 6. The van der Waals surface area contributed by atoms with Gasteiger partial charge < -0.3 is 9.47 Å². The molecule has 0 amide bonds. The average molecular weight is 365 g/mol. The van der Waals surface area contributed by atoms with E-state index < -0.39 is 10.0 Å². The number of hydrogen-bond donors (Lipinski definition) is 0. The second-order valence-corrected chi connectivity index (χ2v) is 7.83. The second-order valence-electron chi connectivity index (χ2n) is 5.75. The lowest BCUT2D eigenvalue weighted by Gasteiger charge is -2.32. The molecule has 1 unspecified atom stereocenters. The zero-order valence-electron chi connectivity index (χ0n) is 13.7. The Labute approximate surface area is 147 Å². The summed E-state index contributed by atoms with van der Waals surface area (Å²) in [5.41, 5.74) is 0.963. The molecule has 0 spiro atoms. The van der Waals surface area contributed by atoms with Crippen molar-refractivity contribution in [3.63, 3.8) is 0 Å². The number of sulfonamides is 1. The van der Waals surface area contributed by atoms with Crippen LogP contribution >= 0.6 is 0 Å². The predicted molar refractivity (Wildman–Crippen MR) is 92.4 cm³/mol. The largest absolute Gasteiger partial charge is 0.492 e. The van der Waals surface area contributed by atoms with Gasteiger partial charge in [0.1, 0.15) is 18.2 Å². The highest BCUT2D eigenvalue weighted by atomic mass is 32.2. The molecular formula is C18H20FNO4S. The first kappa shape index (κ1) is 17.8. The lowest BCUT2D eigenvalue weighted by molar-refractivity contribution is -0.00261. The highest BCUT2D eigenvalue weighted by molar-refractivity contribution is 7.89. The number of halogens is 1. The number of benzene rings is 2. The standard InChI is InChI=1S/C18H20FNO4S/c19-16-6-8-17(9-7-16)23-12-13-25(21,22)20-10-11-24-18(14-20)15-4-2-1-3-5-15/h1-9,18H,10-14H2. The molecule has 1 heterocycles. The molecular weight excluding hydrogens is 345 g/mol. The molecule has 25 heavy (non-hydrogen) atoms. The average Bonchev–Trinajstić information content (AvgIpc) is 2.64.